The molecule has 1 fully saturated rings. The Bertz CT molecular complexity index is 157. The molecule has 62 valence electrons. The van der Waals surface area contributed by atoms with Gasteiger partial charge in [0, 0.05) is 0 Å². The predicted molar refractivity (Wildman–Crippen MR) is 48.2 cm³/mol. The van der Waals surface area contributed by atoms with Gasteiger partial charge in [0.05, 0.1) is 6.04 Å². The standard InChI is InChI=1S/C10H17N/c1-4-6-11-10(5-2)9-7-8(9)3/h2,8-11H,4,6-7H2,1,3H3. The van der Waals surface area contributed by atoms with Crippen molar-refractivity contribution < 1.29 is 0 Å². The summed E-state index contributed by atoms with van der Waals surface area (Å²) in [5.41, 5.74) is 0. The van der Waals surface area contributed by atoms with E-state index in [0.717, 1.165) is 18.4 Å². The highest BCUT2D eigenvalue weighted by atomic mass is 14.9. The topological polar surface area (TPSA) is 12.0 Å². The van der Waals surface area contributed by atoms with E-state index in [4.69, 9.17) is 6.42 Å². The van der Waals surface area contributed by atoms with E-state index in [-0.39, 0.29) is 0 Å². The summed E-state index contributed by atoms with van der Waals surface area (Å²) in [5, 5.41) is 3.38. The fourth-order valence-corrected chi connectivity index (χ4v) is 1.45. The lowest BCUT2D eigenvalue weighted by molar-refractivity contribution is 0.530. The maximum Gasteiger partial charge on any atom is 0.0718 e. The molecule has 0 aromatic heterocycles. The zero-order valence-electron chi connectivity index (χ0n) is 7.43. The average Bonchev–Trinajstić information content (AvgIpc) is 2.69. The molecular weight excluding hydrogens is 134 g/mol. The summed E-state index contributed by atoms with van der Waals surface area (Å²) < 4.78 is 0. The van der Waals surface area contributed by atoms with E-state index in [2.05, 4.69) is 25.1 Å². The van der Waals surface area contributed by atoms with Crippen molar-refractivity contribution in [3.8, 4) is 12.3 Å². The van der Waals surface area contributed by atoms with Crippen LogP contribution in [-0.2, 0) is 0 Å². The van der Waals surface area contributed by atoms with Crippen LogP contribution >= 0.6 is 0 Å². The second-order valence-electron chi connectivity index (χ2n) is 3.48. The van der Waals surface area contributed by atoms with Crippen molar-refractivity contribution in [2.24, 2.45) is 11.8 Å². The van der Waals surface area contributed by atoms with Gasteiger partial charge >= 0.3 is 0 Å². The maximum absolute atomic E-state index is 5.40. The minimum Gasteiger partial charge on any atom is -0.303 e. The molecule has 0 saturated heterocycles. The zero-order valence-corrected chi connectivity index (χ0v) is 7.43. The summed E-state index contributed by atoms with van der Waals surface area (Å²) in [4.78, 5) is 0. The Morgan fingerprint density at radius 1 is 1.73 bits per heavy atom. The van der Waals surface area contributed by atoms with Crippen LogP contribution in [0, 0.1) is 24.2 Å². The van der Waals surface area contributed by atoms with Gasteiger partial charge in [0.15, 0.2) is 0 Å². The summed E-state index contributed by atoms with van der Waals surface area (Å²) in [6.07, 6.45) is 7.88. The normalized spacial score (nSPS) is 31.0. The van der Waals surface area contributed by atoms with Gasteiger partial charge in [0.2, 0.25) is 0 Å². The molecule has 0 amide bonds. The largest absolute Gasteiger partial charge is 0.303 e. The van der Waals surface area contributed by atoms with Crippen LogP contribution in [0.1, 0.15) is 26.7 Å². The quantitative estimate of drug-likeness (QED) is 0.602. The summed E-state index contributed by atoms with van der Waals surface area (Å²) in [7, 11) is 0. The third-order valence-electron chi connectivity index (χ3n) is 2.39. The lowest BCUT2D eigenvalue weighted by Crippen LogP contribution is -2.30. The van der Waals surface area contributed by atoms with E-state index in [1.54, 1.807) is 0 Å². The Morgan fingerprint density at radius 2 is 2.36 bits per heavy atom. The number of nitrogens with one attached hydrogen (secondary N) is 1. The van der Waals surface area contributed by atoms with Crippen molar-refractivity contribution >= 4 is 0 Å². The third kappa shape index (κ3) is 2.24. The molecule has 0 aromatic rings. The molecular formula is C10H17N. The van der Waals surface area contributed by atoms with Crippen molar-refractivity contribution in [2.45, 2.75) is 32.7 Å². The molecule has 11 heavy (non-hydrogen) atoms. The van der Waals surface area contributed by atoms with Crippen LogP contribution in [0.15, 0.2) is 0 Å². The minimum absolute atomic E-state index is 0.338. The Kier molecular flexibility index (Phi) is 2.96. The molecule has 1 N–H and O–H groups in total. The smallest absolute Gasteiger partial charge is 0.0718 e. The molecule has 1 heteroatoms. The van der Waals surface area contributed by atoms with Crippen LogP contribution in [0.4, 0.5) is 0 Å². The third-order valence-corrected chi connectivity index (χ3v) is 2.39. The summed E-state index contributed by atoms with van der Waals surface area (Å²) in [6.45, 7) is 5.48. The molecule has 0 aromatic carbocycles. The summed E-state index contributed by atoms with van der Waals surface area (Å²) in [5.74, 6) is 4.42. The van der Waals surface area contributed by atoms with Gasteiger partial charge in [-0.05, 0) is 31.2 Å². The predicted octanol–water partition coefficient (Wildman–Crippen LogP) is 1.64. The van der Waals surface area contributed by atoms with E-state index < -0.39 is 0 Å². The van der Waals surface area contributed by atoms with Gasteiger partial charge in [0.1, 0.15) is 0 Å². The molecule has 3 unspecified atom stereocenters. The first-order chi connectivity index (χ1) is 5.29. The van der Waals surface area contributed by atoms with Crippen molar-refractivity contribution in [3.63, 3.8) is 0 Å². The molecule has 0 aliphatic heterocycles. The monoisotopic (exact) mass is 151 g/mol. The van der Waals surface area contributed by atoms with Crippen molar-refractivity contribution in [1.82, 2.24) is 5.32 Å². The van der Waals surface area contributed by atoms with Crippen molar-refractivity contribution in [1.29, 1.82) is 0 Å². The molecule has 3 atom stereocenters. The molecule has 0 spiro atoms. The van der Waals surface area contributed by atoms with Gasteiger partial charge in [-0.3, -0.25) is 0 Å². The SMILES string of the molecule is C#CC(NCCC)C1CC1C. The number of hydrogen-bond donors (Lipinski definition) is 1. The number of rotatable bonds is 4. The highest BCUT2D eigenvalue weighted by Gasteiger charge is 2.38. The lowest BCUT2D eigenvalue weighted by Gasteiger charge is -2.10. The van der Waals surface area contributed by atoms with Crippen molar-refractivity contribution in [2.75, 3.05) is 6.54 Å². The Morgan fingerprint density at radius 3 is 2.73 bits per heavy atom. The van der Waals surface area contributed by atoms with E-state index in [9.17, 15) is 0 Å². The molecule has 0 radical (unpaired) electrons. The van der Waals surface area contributed by atoms with Gasteiger partial charge in [-0.2, -0.15) is 0 Å². The van der Waals surface area contributed by atoms with E-state index >= 15 is 0 Å². The molecule has 0 bridgehead atoms. The fraction of sp³-hybridized carbons (Fsp3) is 0.800. The first-order valence-electron chi connectivity index (χ1n) is 4.49. The lowest BCUT2D eigenvalue weighted by atomic mass is 10.1. The molecule has 0 heterocycles. The molecule has 1 aliphatic rings. The van der Waals surface area contributed by atoms with Gasteiger partial charge in [-0.1, -0.05) is 19.8 Å². The van der Waals surface area contributed by atoms with Gasteiger partial charge in [-0.25, -0.2) is 0 Å². The van der Waals surface area contributed by atoms with E-state index in [0.29, 0.717) is 6.04 Å². The number of terminal acetylenes is 1. The second kappa shape index (κ2) is 3.78. The van der Waals surface area contributed by atoms with Gasteiger partial charge in [0.25, 0.3) is 0 Å². The van der Waals surface area contributed by atoms with E-state index in [1.165, 1.54) is 12.8 Å². The molecule has 1 saturated carbocycles. The maximum atomic E-state index is 5.40. The molecule has 1 rings (SSSR count). The molecule has 1 nitrogen and oxygen atoms in total. The van der Waals surface area contributed by atoms with Crippen LogP contribution in [-0.4, -0.2) is 12.6 Å². The van der Waals surface area contributed by atoms with Crippen LogP contribution in [0.2, 0.25) is 0 Å². The summed E-state index contributed by atoms with van der Waals surface area (Å²) in [6, 6.07) is 0.338. The minimum atomic E-state index is 0.338. The Labute approximate surface area is 69.6 Å². The Balaban J connectivity index is 2.22. The fourth-order valence-electron chi connectivity index (χ4n) is 1.45. The summed E-state index contributed by atoms with van der Waals surface area (Å²) >= 11 is 0. The van der Waals surface area contributed by atoms with Crippen molar-refractivity contribution in [3.05, 3.63) is 0 Å². The first kappa shape index (κ1) is 8.62. The van der Waals surface area contributed by atoms with Crippen LogP contribution in [0.25, 0.3) is 0 Å². The first-order valence-corrected chi connectivity index (χ1v) is 4.49. The van der Waals surface area contributed by atoms with Gasteiger partial charge in [-0.15, -0.1) is 6.42 Å². The van der Waals surface area contributed by atoms with E-state index in [1.807, 2.05) is 0 Å². The van der Waals surface area contributed by atoms with Crippen LogP contribution < -0.4 is 5.32 Å². The molecule has 1 aliphatic carbocycles. The van der Waals surface area contributed by atoms with Crippen LogP contribution in [0.3, 0.4) is 0 Å². The van der Waals surface area contributed by atoms with Crippen LogP contribution in [0.5, 0.6) is 0 Å². The highest BCUT2D eigenvalue weighted by molar-refractivity contribution is 5.08. The second-order valence-corrected chi connectivity index (χ2v) is 3.48. The number of hydrogen-bond acceptors (Lipinski definition) is 1. The average molecular weight is 151 g/mol. The van der Waals surface area contributed by atoms with Gasteiger partial charge < -0.3 is 5.32 Å². The highest BCUT2D eigenvalue weighted by Crippen LogP contribution is 2.40. The zero-order chi connectivity index (χ0) is 8.27. The Hall–Kier alpha value is -0.480.